The molecule has 3 rings (SSSR count). The molecule has 1 heterocycles. The Labute approximate surface area is 113 Å². The summed E-state index contributed by atoms with van der Waals surface area (Å²) in [7, 11) is 0. The van der Waals surface area contributed by atoms with E-state index in [0.29, 0.717) is 17.4 Å². The quantitative estimate of drug-likeness (QED) is 0.804. The lowest BCUT2D eigenvalue weighted by Crippen LogP contribution is -2.33. The number of aromatic hydroxyl groups is 1. The van der Waals surface area contributed by atoms with Gasteiger partial charge >= 0.3 is 0 Å². The van der Waals surface area contributed by atoms with Gasteiger partial charge in [0.05, 0.1) is 5.56 Å². The number of phenols is 1. The fraction of sp³-hybridized carbons (Fsp3) is 0.533. The van der Waals surface area contributed by atoms with Gasteiger partial charge in [0, 0.05) is 19.1 Å². The van der Waals surface area contributed by atoms with Gasteiger partial charge in [-0.1, -0.05) is 6.07 Å². The molecular formula is C15H20N2O2. The second-order valence-electron chi connectivity index (χ2n) is 5.90. The molecule has 1 saturated carbocycles. The normalized spacial score (nSPS) is 29.6. The summed E-state index contributed by atoms with van der Waals surface area (Å²) in [6.45, 7) is 3.41. The van der Waals surface area contributed by atoms with Crippen LogP contribution < -0.4 is 5.73 Å². The van der Waals surface area contributed by atoms with E-state index in [4.69, 9.17) is 5.73 Å². The number of likely N-dealkylation sites (tertiary alicyclic amines) is 1. The zero-order valence-electron chi connectivity index (χ0n) is 11.2. The minimum atomic E-state index is -0.0703. The van der Waals surface area contributed by atoms with Crippen molar-refractivity contribution in [2.75, 3.05) is 13.1 Å². The first kappa shape index (κ1) is 12.5. The summed E-state index contributed by atoms with van der Waals surface area (Å²) in [5, 5.41) is 9.90. The minimum absolute atomic E-state index is 0.0703. The molecule has 3 N–H and O–H groups in total. The second kappa shape index (κ2) is 4.53. The summed E-state index contributed by atoms with van der Waals surface area (Å²) in [6, 6.07) is 5.43. The van der Waals surface area contributed by atoms with Gasteiger partial charge in [0.25, 0.3) is 5.91 Å². The summed E-state index contributed by atoms with van der Waals surface area (Å²) >= 11 is 0. The van der Waals surface area contributed by atoms with Crippen molar-refractivity contribution in [1.82, 2.24) is 4.90 Å². The van der Waals surface area contributed by atoms with Crippen molar-refractivity contribution in [3.63, 3.8) is 0 Å². The molecule has 3 atom stereocenters. The van der Waals surface area contributed by atoms with Crippen molar-refractivity contribution in [1.29, 1.82) is 0 Å². The molecule has 1 aliphatic heterocycles. The first-order chi connectivity index (χ1) is 9.06. The number of carbonyl (C=O) groups is 1. The van der Waals surface area contributed by atoms with Crippen LogP contribution in [0.25, 0.3) is 0 Å². The molecule has 0 aromatic heterocycles. The molecule has 4 heteroatoms. The van der Waals surface area contributed by atoms with Crippen LogP contribution in [-0.4, -0.2) is 35.0 Å². The molecule has 1 aliphatic carbocycles. The van der Waals surface area contributed by atoms with E-state index in [-0.39, 0.29) is 17.7 Å². The van der Waals surface area contributed by atoms with Gasteiger partial charge in [-0.05, 0) is 49.3 Å². The van der Waals surface area contributed by atoms with Crippen molar-refractivity contribution in [2.45, 2.75) is 25.8 Å². The van der Waals surface area contributed by atoms with Gasteiger partial charge in [-0.15, -0.1) is 0 Å². The fourth-order valence-electron chi connectivity index (χ4n) is 3.47. The maximum Gasteiger partial charge on any atom is 0.257 e. The van der Waals surface area contributed by atoms with Gasteiger partial charge < -0.3 is 15.7 Å². The van der Waals surface area contributed by atoms with Gasteiger partial charge in [-0.2, -0.15) is 0 Å². The van der Waals surface area contributed by atoms with Crippen LogP contribution in [-0.2, 0) is 0 Å². The molecule has 3 unspecified atom stereocenters. The smallest absolute Gasteiger partial charge is 0.257 e. The van der Waals surface area contributed by atoms with E-state index >= 15 is 0 Å². The van der Waals surface area contributed by atoms with Crippen molar-refractivity contribution >= 4 is 5.91 Å². The molecule has 102 valence electrons. The van der Waals surface area contributed by atoms with Gasteiger partial charge in [-0.3, -0.25) is 4.79 Å². The molecule has 1 amide bonds. The van der Waals surface area contributed by atoms with Crippen LogP contribution in [0.4, 0.5) is 0 Å². The molecule has 2 fully saturated rings. The maximum absolute atomic E-state index is 12.4. The summed E-state index contributed by atoms with van der Waals surface area (Å²) < 4.78 is 0. The third-order valence-electron chi connectivity index (χ3n) is 4.58. The lowest BCUT2D eigenvalue weighted by atomic mass is 9.98. The molecule has 0 radical (unpaired) electrons. The number of amides is 1. The van der Waals surface area contributed by atoms with Crippen LogP contribution in [0.3, 0.4) is 0 Å². The van der Waals surface area contributed by atoms with E-state index in [2.05, 4.69) is 0 Å². The topological polar surface area (TPSA) is 66.6 Å². The zero-order valence-corrected chi connectivity index (χ0v) is 11.2. The van der Waals surface area contributed by atoms with E-state index in [1.807, 2.05) is 17.9 Å². The standard InChI is InChI=1S/C15H20N2O2/c1-9-2-4-11(14(18)6-9)15(19)17-7-10-3-5-13(16)12(10)8-17/h2,4,6,10,12-13,18H,3,5,7-8,16H2,1H3. The monoisotopic (exact) mass is 260 g/mol. The predicted octanol–water partition coefficient (Wildman–Crippen LogP) is 1.51. The Balaban J connectivity index is 1.78. The molecule has 19 heavy (non-hydrogen) atoms. The maximum atomic E-state index is 12.4. The number of rotatable bonds is 1. The number of phenolic OH excluding ortho intramolecular Hbond substituents is 1. The molecule has 1 aromatic rings. The largest absolute Gasteiger partial charge is 0.507 e. The molecule has 1 aromatic carbocycles. The summed E-state index contributed by atoms with van der Waals surface area (Å²) in [4.78, 5) is 14.3. The number of hydrogen-bond donors (Lipinski definition) is 2. The number of hydrogen-bond acceptors (Lipinski definition) is 3. The number of aryl methyl sites for hydroxylation is 1. The van der Waals surface area contributed by atoms with Gasteiger partial charge in [0.2, 0.25) is 0 Å². The highest BCUT2D eigenvalue weighted by atomic mass is 16.3. The molecule has 0 bridgehead atoms. The van der Waals surface area contributed by atoms with Crippen LogP contribution in [0.5, 0.6) is 5.75 Å². The Bertz CT molecular complexity index is 515. The number of benzene rings is 1. The Hall–Kier alpha value is -1.55. The highest BCUT2D eigenvalue weighted by Crippen LogP contribution is 2.38. The van der Waals surface area contributed by atoms with E-state index in [1.165, 1.54) is 0 Å². The van der Waals surface area contributed by atoms with Gasteiger partial charge in [0.1, 0.15) is 5.75 Å². The van der Waals surface area contributed by atoms with E-state index in [0.717, 1.165) is 31.5 Å². The highest BCUT2D eigenvalue weighted by Gasteiger charge is 2.42. The molecular weight excluding hydrogens is 240 g/mol. The van der Waals surface area contributed by atoms with Gasteiger partial charge in [0.15, 0.2) is 0 Å². The van der Waals surface area contributed by atoms with Crippen LogP contribution in [0.2, 0.25) is 0 Å². The van der Waals surface area contributed by atoms with Crippen molar-refractivity contribution in [3.05, 3.63) is 29.3 Å². The van der Waals surface area contributed by atoms with Crippen molar-refractivity contribution in [3.8, 4) is 5.75 Å². The lowest BCUT2D eigenvalue weighted by molar-refractivity contribution is 0.0776. The number of carbonyl (C=O) groups excluding carboxylic acids is 1. The highest BCUT2D eigenvalue weighted by molar-refractivity contribution is 5.97. The Morgan fingerprint density at radius 2 is 2.16 bits per heavy atom. The first-order valence-corrected chi connectivity index (χ1v) is 6.90. The van der Waals surface area contributed by atoms with Crippen LogP contribution in [0, 0.1) is 18.8 Å². The van der Waals surface area contributed by atoms with Crippen LogP contribution in [0.15, 0.2) is 18.2 Å². The number of nitrogens with zero attached hydrogens (tertiary/aromatic N) is 1. The third-order valence-corrected chi connectivity index (χ3v) is 4.58. The summed E-state index contributed by atoms with van der Waals surface area (Å²) in [5.41, 5.74) is 7.44. The average Bonchev–Trinajstić information content (AvgIpc) is 2.91. The van der Waals surface area contributed by atoms with E-state index < -0.39 is 0 Å². The predicted molar refractivity (Wildman–Crippen MR) is 72.9 cm³/mol. The summed E-state index contributed by atoms with van der Waals surface area (Å²) in [6.07, 6.45) is 2.20. The number of fused-ring (bicyclic) bond motifs is 1. The van der Waals surface area contributed by atoms with E-state index in [9.17, 15) is 9.90 Å². The Kier molecular flexibility index (Phi) is 2.97. The second-order valence-corrected chi connectivity index (χ2v) is 5.90. The van der Waals surface area contributed by atoms with Crippen LogP contribution >= 0.6 is 0 Å². The third kappa shape index (κ3) is 2.10. The average molecular weight is 260 g/mol. The Morgan fingerprint density at radius 3 is 2.84 bits per heavy atom. The van der Waals surface area contributed by atoms with Crippen LogP contribution in [0.1, 0.15) is 28.8 Å². The summed E-state index contributed by atoms with van der Waals surface area (Å²) in [5.74, 6) is 0.994. The Morgan fingerprint density at radius 1 is 1.37 bits per heavy atom. The SMILES string of the molecule is Cc1ccc(C(=O)N2CC3CCC(N)C3C2)c(O)c1. The van der Waals surface area contributed by atoms with Crippen molar-refractivity contribution < 1.29 is 9.90 Å². The molecule has 2 aliphatic rings. The van der Waals surface area contributed by atoms with E-state index in [1.54, 1.807) is 12.1 Å². The minimum Gasteiger partial charge on any atom is -0.507 e. The lowest BCUT2D eigenvalue weighted by Gasteiger charge is -2.19. The number of nitrogens with two attached hydrogens (primary N) is 1. The molecule has 4 nitrogen and oxygen atoms in total. The van der Waals surface area contributed by atoms with Gasteiger partial charge in [-0.25, -0.2) is 0 Å². The molecule has 1 saturated heterocycles. The fourth-order valence-corrected chi connectivity index (χ4v) is 3.47. The first-order valence-electron chi connectivity index (χ1n) is 6.90. The van der Waals surface area contributed by atoms with Crippen molar-refractivity contribution in [2.24, 2.45) is 17.6 Å². The molecule has 0 spiro atoms. The zero-order chi connectivity index (χ0) is 13.6.